The van der Waals surface area contributed by atoms with E-state index in [0.717, 1.165) is 24.2 Å². The lowest BCUT2D eigenvalue weighted by Crippen LogP contribution is -2.42. The molecule has 2 fully saturated rings. The minimum atomic E-state index is 0.158. The first-order valence-corrected chi connectivity index (χ1v) is 9.37. The lowest BCUT2D eigenvalue weighted by molar-refractivity contribution is 0.0623. The van der Waals surface area contributed by atoms with Gasteiger partial charge in [0.15, 0.2) is 0 Å². The van der Waals surface area contributed by atoms with Crippen molar-refractivity contribution in [3.63, 3.8) is 0 Å². The fraction of sp³-hybridized carbons (Fsp3) is 0.600. The molecular formula is C20H27N3O. The topological polar surface area (TPSA) is 38.1 Å². The Morgan fingerprint density at radius 1 is 1.12 bits per heavy atom. The molecule has 128 valence electrons. The third-order valence-corrected chi connectivity index (χ3v) is 5.70. The van der Waals surface area contributed by atoms with Gasteiger partial charge in [0.2, 0.25) is 0 Å². The van der Waals surface area contributed by atoms with Crippen LogP contribution in [-0.4, -0.2) is 33.4 Å². The van der Waals surface area contributed by atoms with E-state index < -0.39 is 0 Å². The molecule has 4 heteroatoms. The maximum Gasteiger partial charge on any atom is 0.253 e. The molecule has 1 aliphatic carbocycles. The average molecular weight is 325 g/mol. The third-order valence-electron chi connectivity index (χ3n) is 5.70. The number of benzene rings is 1. The van der Waals surface area contributed by atoms with Crippen molar-refractivity contribution in [2.75, 3.05) is 13.1 Å². The van der Waals surface area contributed by atoms with E-state index in [0.29, 0.717) is 17.9 Å². The molecule has 1 aromatic heterocycles. The average Bonchev–Trinajstić information content (AvgIpc) is 3.21. The van der Waals surface area contributed by atoms with Crippen molar-refractivity contribution < 1.29 is 4.79 Å². The van der Waals surface area contributed by atoms with E-state index in [2.05, 4.69) is 29.5 Å². The largest absolute Gasteiger partial charge is 0.338 e. The van der Waals surface area contributed by atoms with E-state index in [1.807, 2.05) is 23.4 Å². The monoisotopic (exact) mass is 325 g/mol. The van der Waals surface area contributed by atoms with E-state index in [4.69, 9.17) is 0 Å². The van der Waals surface area contributed by atoms with Gasteiger partial charge >= 0.3 is 0 Å². The zero-order valence-electron chi connectivity index (χ0n) is 14.7. The Morgan fingerprint density at radius 2 is 1.83 bits per heavy atom. The molecule has 2 heterocycles. The molecule has 0 spiro atoms. The highest BCUT2D eigenvalue weighted by atomic mass is 16.2. The Kier molecular flexibility index (Phi) is 4.07. The number of hydrogen-bond acceptors (Lipinski definition) is 2. The molecule has 1 aliphatic heterocycles. The molecule has 0 radical (unpaired) electrons. The van der Waals surface area contributed by atoms with Crippen LogP contribution in [0, 0.1) is 11.8 Å². The maximum absolute atomic E-state index is 12.9. The number of aromatic nitrogens is 2. The van der Waals surface area contributed by atoms with Gasteiger partial charge in [0.05, 0.1) is 17.4 Å². The highest BCUT2D eigenvalue weighted by molar-refractivity contribution is 5.97. The van der Waals surface area contributed by atoms with Gasteiger partial charge in [-0.15, -0.1) is 0 Å². The van der Waals surface area contributed by atoms with E-state index in [-0.39, 0.29) is 5.91 Å². The number of imidazole rings is 1. The van der Waals surface area contributed by atoms with Gasteiger partial charge in [0.1, 0.15) is 0 Å². The molecule has 2 aromatic rings. The van der Waals surface area contributed by atoms with Gasteiger partial charge in [0, 0.05) is 24.7 Å². The molecule has 24 heavy (non-hydrogen) atoms. The van der Waals surface area contributed by atoms with Crippen LogP contribution in [0.2, 0.25) is 0 Å². The van der Waals surface area contributed by atoms with E-state index in [1.54, 1.807) is 0 Å². The number of rotatable bonds is 2. The SMILES string of the molecule is C[C@@H]1C[C@H](C)CN(C(=O)c2ccc3c(c2)ncn3C2CCCC2)C1. The van der Waals surface area contributed by atoms with Crippen molar-refractivity contribution in [1.29, 1.82) is 0 Å². The molecule has 0 N–H and O–H groups in total. The van der Waals surface area contributed by atoms with Gasteiger partial charge in [-0.2, -0.15) is 0 Å². The Hall–Kier alpha value is -1.84. The van der Waals surface area contributed by atoms with Crippen LogP contribution in [0.1, 0.15) is 62.4 Å². The van der Waals surface area contributed by atoms with E-state index >= 15 is 0 Å². The minimum Gasteiger partial charge on any atom is -0.338 e. The maximum atomic E-state index is 12.9. The molecule has 4 nitrogen and oxygen atoms in total. The fourth-order valence-corrected chi connectivity index (χ4v) is 4.65. The summed E-state index contributed by atoms with van der Waals surface area (Å²) in [6.45, 7) is 6.22. The van der Waals surface area contributed by atoms with Crippen LogP contribution >= 0.6 is 0 Å². The van der Waals surface area contributed by atoms with Gasteiger partial charge in [-0.05, 0) is 49.3 Å². The highest BCUT2D eigenvalue weighted by Gasteiger charge is 2.26. The van der Waals surface area contributed by atoms with Crippen molar-refractivity contribution in [2.24, 2.45) is 11.8 Å². The molecule has 0 unspecified atom stereocenters. The van der Waals surface area contributed by atoms with Crippen molar-refractivity contribution >= 4 is 16.9 Å². The molecule has 1 amide bonds. The Morgan fingerprint density at radius 3 is 2.54 bits per heavy atom. The van der Waals surface area contributed by atoms with Gasteiger partial charge in [-0.25, -0.2) is 4.98 Å². The standard InChI is InChI=1S/C20H27N3O/c1-14-9-15(2)12-22(11-14)20(24)16-7-8-19-18(10-16)21-13-23(19)17-5-3-4-6-17/h7-8,10,13-15,17H,3-6,9,11-12H2,1-2H3/t14-,15+. The van der Waals surface area contributed by atoms with Gasteiger partial charge in [-0.1, -0.05) is 26.7 Å². The van der Waals surface area contributed by atoms with E-state index in [9.17, 15) is 4.79 Å². The fourth-order valence-electron chi connectivity index (χ4n) is 4.65. The smallest absolute Gasteiger partial charge is 0.253 e. The van der Waals surface area contributed by atoms with E-state index in [1.165, 1.54) is 37.6 Å². The highest BCUT2D eigenvalue weighted by Crippen LogP contribution is 2.32. The summed E-state index contributed by atoms with van der Waals surface area (Å²) < 4.78 is 2.31. The van der Waals surface area contributed by atoms with Gasteiger partial charge in [0.25, 0.3) is 5.91 Å². The summed E-state index contributed by atoms with van der Waals surface area (Å²) in [5.41, 5.74) is 2.89. The molecular weight excluding hydrogens is 298 g/mol. The normalized spacial score (nSPS) is 25.5. The summed E-state index contributed by atoms with van der Waals surface area (Å²) in [4.78, 5) is 19.5. The number of piperidine rings is 1. The van der Waals surface area contributed by atoms with Crippen molar-refractivity contribution in [3.05, 3.63) is 30.1 Å². The second-order valence-corrected chi connectivity index (χ2v) is 7.95. The molecule has 1 saturated carbocycles. The van der Waals surface area contributed by atoms with Crippen LogP contribution in [0.4, 0.5) is 0 Å². The molecule has 2 atom stereocenters. The van der Waals surface area contributed by atoms with Crippen LogP contribution in [0.25, 0.3) is 11.0 Å². The third kappa shape index (κ3) is 2.83. The molecule has 0 bridgehead atoms. The molecule has 2 aliphatic rings. The lowest BCUT2D eigenvalue weighted by Gasteiger charge is -2.35. The number of likely N-dealkylation sites (tertiary alicyclic amines) is 1. The summed E-state index contributed by atoms with van der Waals surface area (Å²) in [5, 5.41) is 0. The van der Waals surface area contributed by atoms with Crippen molar-refractivity contribution in [1.82, 2.24) is 14.5 Å². The second-order valence-electron chi connectivity index (χ2n) is 7.95. The molecule has 1 aromatic carbocycles. The van der Waals surface area contributed by atoms with Crippen LogP contribution in [-0.2, 0) is 0 Å². The minimum absolute atomic E-state index is 0.158. The number of nitrogens with zero attached hydrogens (tertiary/aromatic N) is 3. The number of fused-ring (bicyclic) bond motifs is 1. The predicted octanol–water partition coefficient (Wildman–Crippen LogP) is 4.27. The zero-order valence-corrected chi connectivity index (χ0v) is 14.7. The number of hydrogen-bond donors (Lipinski definition) is 0. The summed E-state index contributed by atoms with van der Waals surface area (Å²) in [5.74, 6) is 1.33. The van der Waals surface area contributed by atoms with Crippen molar-refractivity contribution in [2.45, 2.75) is 52.0 Å². The summed E-state index contributed by atoms with van der Waals surface area (Å²) in [7, 11) is 0. The number of amides is 1. The van der Waals surface area contributed by atoms with Crippen LogP contribution in [0.15, 0.2) is 24.5 Å². The summed E-state index contributed by atoms with van der Waals surface area (Å²) >= 11 is 0. The van der Waals surface area contributed by atoms with Crippen LogP contribution in [0.5, 0.6) is 0 Å². The molecule has 4 rings (SSSR count). The first-order valence-electron chi connectivity index (χ1n) is 9.37. The predicted molar refractivity (Wildman–Crippen MR) is 96.1 cm³/mol. The molecule has 1 saturated heterocycles. The summed E-state index contributed by atoms with van der Waals surface area (Å²) in [6.07, 6.45) is 8.29. The zero-order chi connectivity index (χ0) is 16.7. The quantitative estimate of drug-likeness (QED) is 0.827. The lowest BCUT2D eigenvalue weighted by atomic mass is 9.91. The Balaban J connectivity index is 1.59. The number of carbonyl (C=O) groups is 1. The first-order chi connectivity index (χ1) is 11.6. The van der Waals surface area contributed by atoms with Crippen LogP contribution < -0.4 is 0 Å². The second kappa shape index (κ2) is 6.23. The van der Waals surface area contributed by atoms with Crippen LogP contribution in [0.3, 0.4) is 0 Å². The van der Waals surface area contributed by atoms with Crippen molar-refractivity contribution in [3.8, 4) is 0 Å². The summed E-state index contributed by atoms with van der Waals surface area (Å²) in [6, 6.07) is 6.64. The Labute approximate surface area is 143 Å². The Bertz CT molecular complexity index is 734. The number of carbonyl (C=O) groups excluding carboxylic acids is 1. The van der Waals surface area contributed by atoms with Gasteiger partial charge in [-0.3, -0.25) is 4.79 Å². The van der Waals surface area contributed by atoms with Gasteiger partial charge < -0.3 is 9.47 Å². The first kappa shape index (κ1) is 15.7.